The van der Waals surface area contributed by atoms with Crippen LogP contribution in [0, 0.1) is 6.92 Å². The van der Waals surface area contributed by atoms with E-state index in [1.807, 2.05) is 4.57 Å². The zero-order valence-corrected chi connectivity index (χ0v) is 12.9. The van der Waals surface area contributed by atoms with Crippen molar-refractivity contribution in [2.45, 2.75) is 37.9 Å². The second-order valence-electron chi connectivity index (χ2n) is 4.57. The van der Waals surface area contributed by atoms with E-state index >= 15 is 0 Å². The molecule has 2 rings (SSSR count). The molecule has 8 heteroatoms. The molecule has 20 heavy (non-hydrogen) atoms. The summed E-state index contributed by atoms with van der Waals surface area (Å²) in [6.07, 6.45) is 5.08. The molecule has 0 saturated heterocycles. The number of thiophene rings is 1. The fourth-order valence-corrected chi connectivity index (χ4v) is 4.68. The van der Waals surface area contributed by atoms with Crippen LogP contribution in [0.3, 0.4) is 0 Å². The van der Waals surface area contributed by atoms with Gasteiger partial charge in [-0.25, -0.2) is 18.1 Å². The van der Waals surface area contributed by atoms with Crippen molar-refractivity contribution in [2.75, 3.05) is 0 Å². The first-order valence-electron chi connectivity index (χ1n) is 6.10. The molecule has 0 radical (unpaired) electrons. The standard InChI is InChI=1S/C12H17N3O3S2/c1-9(6-15-4-3-13-8-15)14-20(17,18)12-5-11(7-16)19-10(12)2/h3-5,8-9,14,16H,6-7H2,1-2H3. The maximum absolute atomic E-state index is 12.3. The summed E-state index contributed by atoms with van der Waals surface area (Å²) in [7, 11) is -3.57. The van der Waals surface area contributed by atoms with E-state index in [0.29, 0.717) is 16.3 Å². The van der Waals surface area contributed by atoms with Crippen LogP contribution in [-0.4, -0.2) is 29.1 Å². The molecule has 2 aromatic heterocycles. The van der Waals surface area contributed by atoms with Crippen LogP contribution < -0.4 is 4.72 Å². The van der Waals surface area contributed by atoms with Gasteiger partial charge in [-0.3, -0.25) is 0 Å². The lowest BCUT2D eigenvalue weighted by Crippen LogP contribution is -2.35. The second kappa shape index (κ2) is 6.04. The Labute approximate surface area is 122 Å². The summed E-state index contributed by atoms with van der Waals surface area (Å²) in [6, 6.07) is 1.26. The van der Waals surface area contributed by atoms with Crippen LogP contribution in [0.2, 0.25) is 0 Å². The Bertz CT molecular complexity index is 662. The predicted octanol–water partition coefficient (Wildman–Crippen LogP) is 1.11. The fraction of sp³-hybridized carbons (Fsp3) is 0.417. The lowest BCUT2D eigenvalue weighted by molar-refractivity contribution is 0.285. The number of sulfonamides is 1. The van der Waals surface area contributed by atoms with E-state index in [4.69, 9.17) is 5.11 Å². The Morgan fingerprint density at radius 3 is 2.85 bits per heavy atom. The lowest BCUT2D eigenvalue weighted by atomic mass is 10.4. The van der Waals surface area contributed by atoms with E-state index < -0.39 is 10.0 Å². The monoisotopic (exact) mass is 315 g/mol. The Morgan fingerprint density at radius 2 is 2.30 bits per heavy atom. The average Bonchev–Trinajstić information content (AvgIpc) is 2.97. The molecule has 0 amide bonds. The van der Waals surface area contributed by atoms with E-state index in [-0.39, 0.29) is 17.5 Å². The number of hydrogen-bond donors (Lipinski definition) is 2. The third-order valence-corrected chi connectivity index (χ3v) is 5.65. The van der Waals surface area contributed by atoms with Crippen LogP contribution in [0.4, 0.5) is 0 Å². The number of aryl methyl sites for hydroxylation is 1. The summed E-state index contributed by atoms with van der Waals surface area (Å²) in [5.41, 5.74) is 0. The highest BCUT2D eigenvalue weighted by atomic mass is 32.2. The molecular weight excluding hydrogens is 298 g/mol. The Balaban J connectivity index is 2.12. The number of rotatable bonds is 6. The van der Waals surface area contributed by atoms with Crippen molar-refractivity contribution in [3.05, 3.63) is 34.5 Å². The summed E-state index contributed by atoms with van der Waals surface area (Å²) in [5.74, 6) is 0. The summed E-state index contributed by atoms with van der Waals surface area (Å²) in [4.78, 5) is 5.48. The molecule has 0 spiro atoms. The van der Waals surface area contributed by atoms with E-state index in [9.17, 15) is 8.42 Å². The summed E-state index contributed by atoms with van der Waals surface area (Å²) < 4.78 is 29.1. The molecule has 1 atom stereocenters. The van der Waals surface area contributed by atoms with Crippen LogP contribution in [0.15, 0.2) is 29.7 Å². The lowest BCUT2D eigenvalue weighted by Gasteiger charge is -2.14. The molecule has 0 fully saturated rings. The minimum Gasteiger partial charge on any atom is -0.391 e. The number of aliphatic hydroxyl groups excluding tert-OH is 1. The predicted molar refractivity (Wildman–Crippen MR) is 77.0 cm³/mol. The van der Waals surface area contributed by atoms with Gasteiger partial charge in [-0.2, -0.15) is 0 Å². The van der Waals surface area contributed by atoms with Crippen LogP contribution in [0.25, 0.3) is 0 Å². The number of nitrogens with zero attached hydrogens (tertiary/aromatic N) is 2. The molecule has 0 bridgehead atoms. The van der Waals surface area contributed by atoms with Gasteiger partial charge in [-0.05, 0) is 19.9 Å². The first-order chi connectivity index (χ1) is 9.42. The van der Waals surface area contributed by atoms with Crippen molar-refractivity contribution in [1.29, 1.82) is 0 Å². The highest BCUT2D eigenvalue weighted by Gasteiger charge is 2.22. The van der Waals surface area contributed by atoms with Crippen molar-refractivity contribution in [3.8, 4) is 0 Å². The van der Waals surface area contributed by atoms with Gasteiger partial charge in [-0.15, -0.1) is 11.3 Å². The Hall–Kier alpha value is -1.22. The maximum atomic E-state index is 12.3. The topological polar surface area (TPSA) is 84.2 Å². The first kappa shape index (κ1) is 15.2. The van der Waals surface area contributed by atoms with Crippen molar-refractivity contribution >= 4 is 21.4 Å². The van der Waals surface area contributed by atoms with Gasteiger partial charge < -0.3 is 9.67 Å². The van der Waals surface area contributed by atoms with Crippen molar-refractivity contribution in [3.63, 3.8) is 0 Å². The van der Waals surface area contributed by atoms with Gasteiger partial charge in [-0.1, -0.05) is 0 Å². The maximum Gasteiger partial charge on any atom is 0.241 e. The molecule has 0 saturated carbocycles. The van der Waals surface area contributed by atoms with Crippen LogP contribution in [0.5, 0.6) is 0 Å². The van der Waals surface area contributed by atoms with Crippen LogP contribution in [0.1, 0.15) is 16.7 Å². The normalized spacial score (nSPS) is 13.6. The molecule has 2 aromatic rings. The smallest absolute Gasteiger partial charge is 0.241 e. The average molecular weight is 315 g/mol. The highest BCUT2D eigenvalue weighted by Crippen LogP contribution is 2.25. The minimum atomic E-state index is -3.57. The molecule has 0 aromatic carbocycles. The SMILES string of the molecule is Cc1sc(CO)cc1S(=O)(=O)NC(C)Cn1ccnc1. The van der Waals surface area contributed by atoms with E-state index in [1.165, 1.54) is 17.4 Å². The van der Waals surface area contributed by atoms with Crippen molar-refractivity contribution < 1.29 is 13.5 Å². The fourth-order valence-electron chi connectivity index (χ4n) is 1.95. The molecule has 1 unspecified atom stereocenters. The first-order valence-corrected chi connectivity index (χ1v) is 8.40. The zero-order valence-electron chi connectivity index (χ0n) is 11.3. The summed E-state index contributed by atoms with van der Waals surface area (Å²) in [5, 5.41) is 9.08. The van der Waals surface area contributed by atoms with E-state index in [0.717, 1.165) is 0 Å². The van der Waals surface area contributed by atoms with Crippen LogP contribution in [-0.2, 0) is 23.2 Å². The molecule has 2 N–H and O–H groups in total. The number of imidazole rings is 1. The number of aliphatic hydroxyl groups is 1. The molecule has 110 valence electrons. The third-order valence-electron chi connectivity index (χ3n) is 2.77. The number of aromatic nitrogens is 2. The van der Waals surface area contributed by atoms with Gasteiger partial charge in [0.05, 0.1) is 17.8 Å². The third kappa shape index (κ3) is 3.45. The summed E-state index contributed by atoms with van der Waals surface area (Å²) in [6.45, 7) is 3.89. The van der Waals surface area contributed by atoms with Gasteiger partial charge in [0.15, 0.2) is 0 Å². The number of nitrogens with one attached hydrogen (secondary N) is 1. The molecule has 2 heterocycles. The quantitative estimate of drug-likeness (QED) is 0.836. The molecule has 6 nitrogen and oxygen atoms in total. The van der Waals surface area contributed by atoms with Crippen LogP contribution >= 0.6 is 11.3 Å². The van der Waals surface area contributed by atoms with Gasteiger partial charge >= 0.3 is 0 Å². The highest BCUT2D eigenvalue weighted by molar-refractivity contribution is 7.89. The second-order valence-corrected chi connectivity index (χ2v) is 7.60. The largest absolute Gasteiger partial charge is 0.391 e. The van der Waals surface area contributed by atoms with Gasteiger partial charge in [0, 0.05) is 34.7 Å². The summed E-state index contributed by atoms with van der Waals surface area (Å²) >= 11 is 1.29. The number of hydrogen-bond acceptors (Lipinski definition) is 5. The Morgan fingerprint density at radius 1 is 1.55 bits per heavy atom. The molecule has 0 aliphatic carbocycles. The molecule has 0 aliphatic heterocycles. The van der Waals surface area contributed by atoms with Gasteiger partial charge in [0.25, 0.3) is 0 Å². The molecular formula is C12H17N3O3S2. The Kier molecular flexibility index (Phi) is 4.59. The van der Waals surface area contributed by atoms with Gasteiger partial charge in [0.1, 0.15) is 0 Å². The van der Waals surface area contributed by atoms with E-state index in [2.05, 4.69) is 9.71 Å². The minimum absolute atomic E-state index is 0.147. The zero-order chi connectivity index (χ0) is 14.8. The van der Waals surface area contributed by atoms with E-state index in [1.54, 1.807) is 32.6 Å². The van der Waals surface area contributed by atoms with Crippen molar-refractivity contribution in [1.82, 2.24) is 14.3 Å². The van der Waals surface area contributed by atoms with Gasteiger partial charge in [0.2, 0.25) is 10.0 Å². The van der Waals surface area contributed by atoms with Crippen molar-refractivity contribution in [2.24, 2.45) is 0 Å². The molecule has 0 aliphatic rings.